The van der Waals surface area contributed by atoms with E-state index in [9.17, 15) is 4.79 Å². The van der Waals surface area contributed by atoms with Gasteiger partial charge in [-0.3, -0.25) is 4.79 Å². The molecular weight excluding hydrogens is 290 g/mol. The fourth-order valence-electron chi connectivity index (χ4n) is 1.92. The molecule has 1 aromatic carbocycles. The summed E-state index contributed by atoms with van der Waals surface area (Å²) in [4.78, 5) is 11.7. The molecule has 2 nitrogen and oxygen atoms in total. The lowest BCUT2D eigenvalue weighted by molar-refractivity contribution is -0.115. The SMILES string of the molecule is CC(Br)C(=O)Nc1c(C(C)C)cccc1C(C)C. The maximum absolute atomic E-state index is 11.9. The largest absolute Gasteiger partial charge is 0.325 e. The number of hydrogen-bond donors (Lipinski definition) is 1. The van der Waals surface area contributed by atoms with Crippen LogP contribution in [0.25, 0.3) is 0 Å². The second-order valence-corrected chi connectivity index (χ2v) is 6.60. The van der Waals surface area contributed by atoms with E-state index in [2.05, 4.69) is 67.1 Å². The second kappa shape index (κ2) is 6.37. The van der Waals surface area contributed by atoms with E-state index in [4.69, 9.17) is 0 Å². The van der Waals surface area contributed by atoms with Crippen LogP contribution in [-0.2, 0) is 4.79 Å². The smallest absolute Gasteiger partial charge is 0.237 e. The molecule has 1 aromatic rings. The number of alkyl halides is 1. The van der Waals surface area contributed by atoms with Gasteiger partial charge in [0.25, 0.3) is 0 Å². The van der Waals surface area contributed by atoms with Crippen LogP contribution in [0.2, 0.25) is 0 Å². The Bertz CT molecular complexity index is 398. The normalized spacial score (nSPS) is 12.9. The molecule has 0 heterocycles. The predicted molar refractivity (Wildman–Crippen MR) is 81.6 cm³/mol. The van der Waals surface area contributed by atoms with Crippen molar-refractivity contribution in [2.24, 2.45) is 0 Å². The molecule has 0 spiro atoms. The molecule has 0 aliphatic heterocycles. The molecule has 18 heavy (non-hydrogen) atoms. The monoisotopic (exact) mass is 311 g/mol. The van der Waals surface area contributed by atoms with Crippen LogP contribution in [0.1, 0.15) is 57.6 Å². The van der Waals surface area contributed by atoms with Gasteiger partial charge in [0.05, 0.1) is 4.83 Å². The summed E-state index contributed by atoms with van der Waals surface area (Å²) in [5.74, 6) is 0.791. The zero-order valence-electron chi connectivity index (χ0n) is 11.8. The number of halogens is 1. The molecule has 1 unspecified atom stereocenters. The van der Waals surface area contributed by atoms with Crippen molar-refractivity contribution in [2.75, 3.05) is 5.32 Å². The van der Waals surface area contributed by atoms with Crippen LogP contribution in [0.15, 0.2) is 18.2 Å². The van der Waals surface area contributed by atoms with Gasteiger partial charge in [0, 0.05) is 5.69 Å². The molecule has 1 atom stereocenters. The molecule has 1 N–H and O–H groups in total. The van der Waals surface area contributed by atoms with Gasteiger partial charge in [-0.2, -0.15) is 0 Å². The van der Waals surface area contributed by atoms with Gasteiger partial charge >= 0.3 is 0 Å². The molecule has 0 saturated carbocycles. The fraction of sp³-hybridized carbons (Fsp3) is 0.533. The van der Waals surface area contributed by atoms with Crippen molar-refractivity contribution in [1.82, 2.24) is 0 Å². The maximum Gasteiger partial charge on any atom is 0.237 e. The number of carbonyl (C=O) groups is 1. The lowest BCUT2D eigenvalue weighted by Crippen LogP contribution is -2.22. The number of amides is 1. The summed E-state index contributed by atoms with van der Waals surface area (Å²) in [5.41, 5.74) is 3.38. The van der Waals surface area contributed by atoms with Crippen LogP contribution >= 0.6 is 15.9 Å². The maximum atomic E-state index is 11.9. The first kappa shape index (κ1) is 15.2. The van der Waals surface area contributed by atoms with Gasteiger partial charge in [-0.05, 0) is 29.9 Å². The molecule has 3 heteroatoms. The van der Waals surface area contributed by atoms with E-state index < -0.39 is 0 Å². The Hall–Kier alpha value is -0.830. The highest BCUT2D eigenvalue weighted by Gasteiger charge is 2.17. The van der Waals surface area contributed by atoms with Crippen molar-refractivity contribution in [2.45, 2.75) is 51.3 Å². The van der Waals surface area contributed by atoms with Crippen molar-refractivity contribution in [3.8, 4) is 0 Å². The fourth-order valence-corrected chi connectivity index (χ4v) is 2.03. The van der Waals surface area contributed by atoms with Gasteiger partial charge in [-0.25, -0.2) is 0 Å². The Morgan fingerprint density at radius 1 is 1.06 bits per heavy atom. The van der Waals surface area contributed by atoms with E-state index in [0.29, 0.717) is 11.8 Å². The quantitative estimate of drug-likeness (QED) is 0.805. The predicted octanol–water partition coefficient (Wildman–Crippen LogP) is 4.66. The zero-order chi connectivity index (χ0) is 13.9. The third kappa shape index (κ3) is 3.58. The minimum atomic E-state index is -0.183. The Balaban J connectivity index is 3.23. The molecular formula is C15H22BrNO. The van der Waals surface area contributed by atoms with E-state index in [1.807, 2.05) is 6.92 Å². The van der Waals surface area contributed by atoms with Gasteiger partial charge in [-0.1, -0.05) is 61.8 Å². The van der Waals surface area contributed by atoms with Crippen LogP contribution in [0, 0.1) is 0 Å². The van der Waals surface area contributed by atoms with Crippen molar-refractivity contribution >= 4 is 27.5 Å². The number of nitrogens with one attached hydrogen (secondary N) is 1. The van der Waals surface area contributed by atoms with Crippen LogP contribution in [0.4, 0.5) is 5.69 Å². The minimum absolute atomic E-state index is 0.00463. The summed E-state index contributed by atoms with van der Waals surface area (Å²) < 4.78 is 0. The topological polar surface area (TPSA) is 29.1 Å². The van der Waals surface area contributed by atoms with Gasteiger partial charge < -0.3 is 5.32 Å². The second-order valence-electron chi connectivity index (χ2n) is 5.23. The van der Waals surface area contributed by atoms with E-state index >= 15 is 0 Å². The summed E-state index contributed by atoms with van der Waals surface area (Å²) in [7, 11) is 0. The van der Waals surface area contributed by atoms with Crippen LogP contribution in [-0.4, -0.2) is 10.7 Å². The van der Waals surface area contributed by atoms with Crippen LogP contribution < -0.4 is 5.32 Å². The molecule has 0 saturated heterocycles. The molecule has 0 aliphatic rings. The third-order valence-electron chi connectivity index (χ3n) is 2.98. The molecule has 1 amide bonds. The first-order chi connectivity index (χ1) is 8.34. The number of hydrogen-bond acceptors (Lipinski definition) is 1. The van der Waals surface area contributed by atoms with Crippen molar-refractivity contribution in [3.05, 3.63) is 29.3 Å². The zero-order valence-corrected chi connectivity index (χ0v) is 13.3. The number of anilines is 1. The molecule has 1 rings (SSSR count). The third-order valence-corrected chi connectivity index (χ3v) is 3.40. The van der Waals surface area contributed by atoms with Crippen molar-refractivity contribution in [1.29, 1.82) is 0 Å². The lowest BCUT2D eigenvalue weighted by atomic mass is 9.92. The van der Waals surface area contributed by atoms with Crippen LogP contribution in [0.3, 0.4) is 0 Å². The first-order valence-corrected chi connectivity index (χ1v) is 7.33. The van der Waals surface area contributed by atoms with E-state index in [-0.39, 0.29) is 10.7 Å². The highest BCUT2D eigenvalue weighted by Crippen LogP contribution is 2.32. The molecule has 0 bridgehead atoms. The van der Waals surface area contributed by atoms with E-state index in [0.717, 1.165) is 5.69 Å². The van der Waals surface area contributed by atoms with E-state index in [1.54, 1.807) is 0 Å². The summed E-state index contributed by atoms with van der Waals surface area (Å²) in [6.45, 7) is 10.4. The van der Waals surface area contributed by atoms with Crippen LogP contribution in [0.5, 0.6) is 0 Å². The highest BCUT2D eigenvalue weighted by molar-refractivity contribution is 9.10. The molecule has 0 aromatic heterocycles. The molecule has 100 valence electrons. The standard InChI is InChI=1S/C15H22BrNO/c1-9(2)12-7-6-8-13(10(3)4)14(12)17-15(18)11(5)16/h6-11H,1-5H3,(H,17,18). The first-order valence-electron chi connectivity index (χ1n) is 6.42. The van der Waals surface area contributed by atoms with Gasteiger partial charge in [0.1, 0.15) is 0 Å². The minimum Gasteiger partial charge on any atom is -0.325 e. The summed E-state index contributed by atoms with van der Waals surface area (Å²) in [6.07, 6.45) is 0. The summed E-state index contributed by atoms with van der Waals surface area (Å²) >= 11 is 3.31. The van der Waals surface area contributed by atoms with Crippen molar-refractivity contribution < 1.29 is 4.79 Å². The van der Waals surface area contributed by atoms with Gasteiger partial charge in [-0.15, -0.1) is 0 Å². The summed E-state index contributed by atoms with van der Waals surface area (Å²) in [6, 6.07) is 6.24. The number of rotatable bonds is 4. The van der Waals surface area contributed by atoms with Crippen molar-refractivity contribution in [3.63, 3.8) is 0 Å². The van der Waals surface area contributed by atoms with E-state index in [1.165, 1.54) is 11.1 Å². The Kier molecular flexibility index (Phi) is 5.39. The van der Waals surface area contributed by atoms with Gasteiger partial charge in [0.15, 0.2) is 0 Å². The molecule has 0 aliphatic carbocycles. The lowest BCUT2D eigenvalue weighted by Gasteiger charge is -2.20. The molecule has 0 radical (unpaired) electrons. The molecule has 0 fully saturated rings. The van der Waals surface area contributed by atoms with Gasteiger partial charge in [0.2, 0.25) is 5.91 Å². The average Bonchev–Trinajstić information content (AvgIpc) is 2.28. The number of carbonyl (C=O) groups excluding carboxylic acids is 1. The highest BCUT2D eigenvalue weighted by atomic mass is 79.9. The number of benzene rings is 1. The Labute approximate surface area is 118 Å². The summed E-state index contributed by atoms with van der Waals surface area (Å²) in [5, 5.41) is 3.06. The average molecular weight is 312 g/mol. The Morgan fingerprint density at radius 3 is 1.83 bits per heavy atom. The number of para-hydroxylation sites is 1. The Morgan fingerprint density at radius 2 is 1.50 bits per heavy atom.